The Morgan fingerprint density at radius 2 is 1.48 bits per heavy atom. The Balaban J connectivity index is 3.04. The predicted octanol–water partition coefficient (Wildman–Crippen LogP) is 6.26. The maximum Gasteiger partial charge on any atom is 0.367 e. The van der Waals surface area contributed by atoms with E-state index in [1.807, 2.05) is 6.07 Å². The Morgan fingerprint density at radius 1 is 0.957 bits per heavy atom. The molecule has 0 aliphatic rings. The highest BCUT2D eigenvalue weighted by atomic mass is 31.1. The van der Waals surface area contributed by atoms with Gasteiger partial charge < -0.3 is 9.05 Å². The lowest BCUT2D eigenvalue weighted by atomic mass is 9.80. The highest BCUT2D eigenvalue weighted by molar-refractivity contribution is 7.33. The predicted molar refractivity (Wildman–Crippen MR) is 98.9 cm³/mol. The van der Waals surface area contributed by atoms with Gasteiger partial charge in [0.05, 0.1) is 6.61 Å². The first-order valence-corrected chi connectivity index (χ1v) is 9.78. The van der Waals surface area contributed by atoms with Crippen LogP contribution in [0.5, 0.6) is 5.75 Å². The lowest BCUT2D eigenvalue weighted by Gasteiger charge is -2.29. The van der Waals surface area contributed by atoms with Crippen LogP contribution in [0, 0.1) is 0 Å². The highest BCUT2D eigenvalue weighted by Crippen LogP contribution is 2.43. The maximum absolute atomic E-state index is 12.3. The Bertz CT molecular complexity index is 492. The van der Waals surface area contributed by atoms with Crippen LogP contribution in [0.25, 0.3) is 0 Å². The average Bonchev–Trinajstić information content (AvgIpc) is 2.41. The minimum absolute atomic E-state index is 0.0824. The van der Waals surface area contributed by atoms with Crippen molar-refractivity contribution in [1.29, 1.82) is 0 Å². The average molecular weight is 340 g/mol. The summed E-state index contributed by atoms with van der Waals surface area (Å²) < 4.78 is 23.5. The summed E-state index contributed by atoms with van der Waals surface area (Å²) >= 11 is 0. The first-order chi connectivity index (χ1) is 10.6. The van der Waals surface area contributed by atoms with Crippen molar-refractivity contribution in [3.8, 4) is 5.75 Å². The van der Waals surface area contributed by atoms with Crippen LogP contribution in [0.15, 0.2) is 18.2 Å². The Morgan fingerprint density at radius 3 is 1.91 bits per heavy atom. The summed E-state index contributed by atoms with van der Waals surface area (Å²) in [6, 6.07) is 6.15. The molecule has 0 aromatic heterocycles. The molecule has 1 aromatic carbocycles. The normalized spacial score (nSPS) is 13.9. The number of hydrogen-bond donors (Lipinski definition) is 0. The van der Waals surface area contributed by atoms with Crippen molar-refractivity contribution in [3.63, 3.8) is 0 Å². The van der Waals surface area contributed by atoms with Crippen molar-refractivity contribution in [2.75, 3.05) is 6.61 Å². The van der Waals surface area contributed by atoms with Gasteiger partial charge >= 0.3 is 8.25 Å². The van der Waals surface area contributed by atoms with Gasteiger partial charge in [-0.3, -0.25) is 0 Å². The van der Waals surface area contributed by atoms with Crippen LogP contribution >= 0.6 is 8.25 Å². The van der Waals surface area contributed by atoms with Crippen LogP contribution in [0.4, 0.5) is 0 Å². The summed E-state index contributed by atoms with van der Waals surface area (Å²) in [5.41, 5.74) is 1.97. The van der Waals surface area contributed by atoms with Gasteiger partial charge in [-0.05, 0) is 17.3 Å². The first-order valence-electron chi connectivity index (χ1n) is 8.56. The number of benzene rings is 1. The summed E-state index contributed by atoms with van der Waals surface area (Å²) in [7, 11) is -2.54. The number of rotatable bonds is 7. The second-order valence-corrected chi connectivity index (χ2v) is 9.08. The quantitative estimate of drug-likeness (QED) is 0.434. The Kier molecular flexibility index (Phi) is 7.35. The maximum atomic E-state index is 12.3. The zero-order valence-corrected chi connectivity index (χ0v) is 16.8. The molecule has 0 heterocycles. The zero-order valence-electron chi connectivity index (χ0n) is 15.8. The monoisotopic (exact) mass is 340 g/mol. The second-order valence-electron chi connectivity index (χ2n) is 8.09. The third-order valence-corrected chi connectivity index (χ3v) is 4.59. The van der Waals surface area contributed by atoms with Gasteiger partial charge in [0, 0.05) is 11.1 Å². The van der Waals surface area contributed by atoms with Crippen molar-refractivity contribution < 1.29 is 13.6 Å². The molecule has 0 radical (unpaired) electrons. The minimum Gasteiger partial charge on any atom is -0.426 e. The topological polar surface area (TPSA) is 35.5 Å². The van der Waals surface area contributed by atoms with Crippen molar-refractivity contribution >= 4 is 8.25 Å². The summed E-state index contributed by atoms with van der Waals surface area (Å²) in [6.45, 7) is 15.5. The van der Waals surface area contributed by atoms with E-state index >= 15 is 0 Å². The Labute approximate surface area is 142 Å². The highest BCUT2D eigenvalue weighted by Gasteiger charge is 2.27. The smallest absolute Gasteiger partial charge is 0.367 e. The van der Waals surface area contributed by atoms with Crippen molar-refractivity contribution in [2.24, 2.45) is 0 Å². The molecule has 1 unspecified atom stereocenters. The molecule has 0 saturated carbocycles. The molecule has 3 nitrogen and oxygen atoms in total. The number of para-hydroxylation sites is 1. The van der Waals surface area contributed by atoms with Crippen molar-refractivity contribution in [3.05, 3.63) is 29.3 Å². The van der Waals surface area contributed by atoms with Crippen molar-refractivity contribution in [2.45, 2.75) is 78.6 Å². The molecular weight excluding hydrogens is 307 g/mol. The largest absolute Gasteiger partial charge is 0.426 e. The molecule has 23 heavy (non-hydrogen) atoms. The van der Waals surface area contributed by atoms with Gasteiger partial charge in [0.15, 0.2) is 0 Å². The van der Waals surface area contributed by atoms with Crippen LogP contribution in [0.3, 0.4) is 0 Å². The van der Waals surface area contributed by atoms with Gasteiger partial charge in [0.25, 0.3) is 0 Å². The summed E-state index contributed by atoms with van der Waals surface area (Å²) in [5.74, 6) is 0.729. The van der Waals surface area contributed by atoms with E-state index in [0.717, 1.165) is 36.1 Å². The fourth-order valence-electron chi connectivity index (χ4n) is 2.45. The van der Waals surface area contributed by atoms with Crippen LogP contribution in [-0.2, 0) is 19.9 Å². The molecule has 0 spiro atoms. The molecule has 0 fully saturated rings. The van der Waals surface area contributed by atoms with E-state index in [4.69, 9.17) is 9.05 Å². The standard InChI is InChI=1S/C19H33O3P/c1-8-9-10-14-21-23(20)22-17-15(18(2,3)4)12-11-13-16(17)19(5,6)7/h11-13,23H,8-10,14H2,1-7H3. The SMILES string of the molecule is CCCCCO[PH](=O)Oc1c(C(C)(C)C)cccc1C(C)(C)C. The van der Waals surface area contributed by atoms with Crippen LogP contribution < -0.4 is 4.52 Å². The van der Waals surface area contributed by atoms with E-state index in [9.17, 15) is 4.57 Å². The molecule has 0 N–H and O–H groups in total. The molecular formula is C19H33O3P. The van der Waals surface area contributed by atoms with Gasteiger partial charge in [-0.25, -0.2) is 4.57 Å². The van der Waals surface area contributed by atoms with E-state index in [2.05, 4.69) is 60.6 Å². The lowest BCUT2D eigenvalue weighted by molar-refractivity contribution is 0.276. The van der Waals surface area contributed by atoms with E-state index in [1.54, 1.807) is 0 Å². The lowest BCUT2D eigenvalue weighted by Crippen LogP contribution is -2.18. The van der Waals surface area contributed by atoms with Crippen molar-refractivity contribution in [1.82, 2.24) is 0 Å². The van der Waals surface area contributed by atoms with E-state index in [1.165, 1.54) is 0 Å². The first kappa shape index (κ1) is 20.3. The van der Waals surface area contributed by atoms with Crippen LogP contribution in [0.1, 0.15) is 78.9 Å². The summed E-state index contributed by atoms with van der Waals surface area (Å²) in [4.78, 5) is 0. The summed E-state index contributed by atoms with van der Waals surface area (Å²) in [5, 5.41) is 0. The zero-order chi connectivity index (χ0) is 17.7. The Hall–Kier alpha value is -0.790. The summed E-state index contributed by atoms with van der Waals surface area (Å²) in [6.07, 6.45) is 3.12. The van der Waals surface area contributed by atoms with Gasteiger partial charge in [0.1, 0.15) is 5.75 Å². The number of hydrogen-bond acceptors (Lipinski definition) is 3. The van der Waals surface area contributed by atoms with Gasteiger partial charge in [0.2, 0.25) is 0 Å². The van der Waals surface area contributed by atoms with E-state index in [-0.39, 0.29) is 10.8 Å². The second kappa shape index (κ2) is 8.35. The minimum atomic E-state index is -2.54. The fourth-order valence-corrected chi connectivity index (χ4v) is 3.21. The van der Waals surface area contributed by atoms with Gasteiger partial charge in [-0.2, -0.15) is 0 Å². The fraction of sp³-hybridized carbons (Fsp3) is 0.684. The molecule has 0 amide bonds. The molecule has 0 saturated heterocycles. The van der Waals surface area contributed by atoms with Crippen LogP contribution in [-0.4, -0.2) is 6.61 Å². The molecule has 132 valence electrons. The molecule has 0 bridgehead atoms. The van der Waals surface area contributed by atoms with Gasteiger partial charge in [-0.15, -0.1) is 0 Å². The third kappa shape index (κ3) is 6.31. The van der Waals surface area contributed by atoms with Gasteiger partial charge in [-0.1, -0.05) is 79.5 Å². The molecule has 1 atom stereocenters. The molecule has 0 aliphatic heterocycles. The van der Waals surface area contributed by atoms with Crippen LogP contribution in [0.2, 0.25) is 0 Å². The third-order valence-electron chi connectivity index (χ3n) is 3.78. The molecule has 1 aromatic rings. The molecule has 1 rings (SSSR count). The molecule has 4 heteroatoms. The van der Waals surface area contributed by atoms with E-state index < -0.39 is 8.25 Å². The number of unbranched alkanes of at least 4 members (excludes halogenated alkanes) is 2. The van der Waals surface area contributed by atoms with E-state index in [0.29, 0.717) is 6.61 Å². The molecule has 0 aliphatic carbocycles.